The standard InChI is InChI=1S/C12H15NO/c1-9(13-2)7-10-8-14-12-6-4-3-5-11(10)12/h3-6,8-9,13H,7H2,1-2H3/t9-/m1/s1. The molecule has 0 aliphatic carbocycles. The molecule has 1 N–H and O–H groups in total. The average molecular weight is 189 g/mol. The lowest BCUT2D eigenvalue weighted by atomic mass is 10.1. The van der Waals surface area contributed by atoms with Crippen molar-refractivity contribution in [2.75, 3.05) is 7.05 Å². The third-order valence-corrected chi connectivity index (χ3v) is 2.58. The lowest BCUT2D eigenvalue weighted by molar-refractivity contribution is 0.583. The second-order valence-electron chi connectivity index (χ2n) is 3.65. The Balaban J connectivity index is 2.33. The van der Waals surface area contributed by atoms with E-state index in [0.717, 1.165) is 12.0 Å². The molecule has 74 valence electrons. The van der Waals surface area contributed by atoms with Crippen molar-refractivity contribution in [3.63, 3.8) is 0 Å². The summed E-state index contributed by atoms with van der Waals surface area (Å²) >= 11 is 0. The van der Waals surface area contributed by atoms with Crippen LogP contribution in [-0.2, 0) is 6.42 Å². The van der Waals surface area contributed by atoms with E-state index in [4.69, 9.17) is 4.42 Å². The number of nitrogens with one attached hydrogen (secondary N) is 1. The molecule has 2 heteroatoms. The largest absolute Gasteiger partial charge is 0.464 e. The summed E-state index contributed by atoms with van der Waals surface area (Å²) in [4.78, 5) is 0. The van der Waals surface area contributed by atoms with Gasteiger partial charge in [-0.15, -0.1) is 0 Å². The van der Waals surface area contributed by atoms with E-state index in [9.17, 15) is 0 Å². The van der Waals surface area contributed by atoms with Gasteiger partial charge in [0.1, 0.15) is 5.58 Å². The fraction of sp³-hybridized carbons (Fsp3) is 0.333. The molecule has 0 radical (unpaired) electrons. The Hall–Kier alpha value is -1.28. The van der Waals surface area contributed by atoms with Crippen LogP contribution in [0.4, 0.5) is 0 Å². The molecular weight excluding hydrogens is 174 g/mol. The number of para-hydroxylation sites is 1. The quantitative estimate of drug-likeness (QED) is 0.802. The zero-order valence-corrected chi connectivity index (χ0v) is 8.58. The van der Waals surface area contributed by atoms with Gasteiger partial charge in [0, 0.05) is 11.4 Å². The number of hydrogen-bond acceptors (Lipinski definition) is 2. The zero-order valence-electron chi connectivity index (χ0n) is 8.58. The van der Waals surface area contributed by atoms with Gasteiger partial charge >= 0.3 is 0 Å². The first-order valence-corrected chi connectivity index (χ1v) is 4.93. The minimum atomic E-state index is 0.482. The molecule has 0 aliphatic rings. The number of rotatable bonds is 3. The van der Waals surface area contributed by atoms with Crippen molar-refractivity contribution < 1.29 is 4.42 Å². The first kappa shape index (κ1) is 9.28. The number of likely N-dealkylation sites (N-methyl/N-ethyl adjacent to an activating group) is 1. The second-order valence-corrected chi connectivity index (χ2v) is 3.65. The summed E-state index contributed by atoms with van der Waals surface area (Å²) in [6, 6.07) is 8.64. The van der Waals surface area contributed by atoms with Crippen LogP contribution in [-0.4, -0.2) is 13.1 Å². The van der Waals surface area contributed by atoms with Crippen LogP contribution in [0.15, 0.2) is 34.9 Å². The third kappa shape index (κ3) is 1.66. The molecule has 0 aliphatic heterocycles. The molecule has 0 saturated carbocycles. The second kappa shape index (κ2) is 3.84. The van der Waals surface area contributed by atoms with Gasteiger partial charge in [-0.25, -0.2) is 0 Å². The molecule has 0 fully saturated rings. The summed E-state index contributed by atoms with van der Waals surface area (Å²) in [5.74, 6) is 0. The first-order chi connectivity index (χ1) is 6.81. The van der Waals surface area contributed by atoms with Crippen molar-refractivity contribution in [1.29, 1.82) is 0 Å². The van der Waals surface area contributed by atoms with Crippen LogP contribution < -0.4 is 5.32 Å². The maximum atomic E-state index is 5.47. The van der Waals surface area contributed by atoms with Crippen LogP contribution in [0.5, 0.6) is 0 Å². The van der Waals surface area contributed by atoms with Crippen LogP contribution in [0.2, 0.25) is 0 Å². The van der Waals surface area contributed by atoms with Gasteiger partial charge in [-0.3, -0.25) is 0 Å². The predicted molar refractivity (Wildman–Crippen MR) is 58.4 cm³/mol. The molecule has 2 rings (SSSR count). The molecule has 2 nitrogen and oxygen atoms in total. The van der Waals surface area contributed by atoms with E-state index < -0.39 is 0 Å². The Bertz CT molecular complexity index is 419. The van der Waals surface area contributed by atoms with Gasteiger partial charge in [-0.2, -0.15) is 0 Å². The van der Waals surface area contributed by atoms with Crippen molar-refractivity contribution in [1.82, 2.24) is 5.32 Å². The lowest BCUT2D eigenvalue weighted by Gasteiger charge is -2.07. The summed E-state index contributed by atoms with van der Waals surface area (Å²) in [5, 5.41) is 4.46. The van der Waals surface area contributed by atoms with Gasteiger partial charge in [0.05, 0.1) is 6.26 Å². The highest BCUT2D eigenvalue weighted by atomic mass is 16.3. The molecular formula is C12H15NO. The van der Waals surface area contributed by atoms with Crippen LogP contribution in [0, 0.1) is 0 Å². The summed E-state index contributed by atoms with van der Waals surface area (Å²) in [6.45, 7) is 2.17. The molecule has 0 amide bonds. The van der Waals surface area contributed by atoms with Crippen molar-refractivity contribution in [2.24, 2.45) is 0 Å². The zero-order chi connectivity index (χ0) is 9.97. The summed E-state index contributed by atoms with van der Waals surface area (Å²) < 4.78 is 5.47. The maximum Gasteiger partial charge on any atom is 0.134 e. The minimum Gasteiger partial charge on any atom is -0.464 e. The highest BCUT2D eigenvalue weighted by Gasteiger charge is 2.07. The maximum absolute atomic E-state index is 5.47. The average Bonchev–Trinajstić information content (AvgIpc) is 2.62. The van der Waals surface area contributed by atoms with Crippen LogP contribution in [0.25, 0.3) is 11.0 Å². The Morgan fingerprint density at radius 3 is 2.93 bits per heavy atom. The summed E-state index contributed by atoms with van der Waals surface area (Å²) in [7, 11) is 1.98. The van der Waals surface area contributed by atoms with Crippen molar-refractivity contribution in [3.8, 4) is 0 Å². The Morgan fingerprint density at radius 2 is 2.14 bits per heavy atom. The van der Waals surface area contributed by atoms with Gasteiger partial charge < -0.3 is 9.73 Å². The van der Waals surface area contributed by atoms with E-state index in [0.29, 0.717) is 6.04 Å². The van der Waals surface area contributed by atoms with Gasteiger partial charge in [0.2, 0.25) is 0 Å². The Kier molecular flexibility index (Phi) is 2.55. The van der Waals surface area contributed by atoms with E-state index in [-0.39, 0.29) is 0 Å². The fourth-order valence-electron chi connectivity index (χ4n) is 1.62. The molecule has 2 aromatic rings. The lowest BCUT2D eigenvalue weighted by Crippen LogP contribution is -2.23. The van der Waals surface area contributed by atoms with E-state index in [1.807, 2.05) is 31.5 Å². The van der Waals surface area contributed by atoms with Gasteiger partial charge in [0.15, 0.2) is 0 Å². The number of fused-ring (bicyclic) bond motifs is 1. The number of benzene rings is 1. The van der Waals surface area contributed by atoms with Crippen LogP contribution >= 0.6 is 0 Å². The van der Waals surface area contributed by atoms with Gasteiger partial charge in [-0.05, 0) is 32.0 Å². The number of furan rings is 1. The van der Waals surface area contributed by atoms with Crippen molar-refractivity contribution in [2.45, 2.75) is 19.4 Å². The normalized spacial score (nSPS) is 13.3. The molecule has 0 bridgehead atoms. The van der Waals surface area contributed by atoms with Gasteiger partial charge in [0.25, 0.3) is 0 Å². The van der Waals surface area contributed by atoms with E-state index in [1.165, 1.54) is 10.9 Å². The molecule has 14 heavy (non-hydrogen) atoms. The van der Waals surface area contributed by atoms with E-state index in [1.54, 1.807) is 0 Å². The minimum absolute atomic E-state index is 0.482. The van der Waals surface area contributed by atoms with Crippen LogP contribution in [0.3, 0.4) is 0 Å². The summed E-state index contributed by atoms with van der Waals surface area (Å²) in [6.07, 6.45) is 2.87. The predicted octanol–water partition coefficient (Wildman–Crippen LogP) is 2.58. The molecule has 1 heterocycles. The Morgan fingerprint density at radius 1 is 1.36 bits per heavy atom. The molecule has 1 aromatic heterocycles. The van der Waals surface area contributed by atoms with Crippen molar-refractivity contribution >= 4 is 11.0 Å². The molecule has 1 aromatic carbocycles. The topological polar surface area (TPSA) is 25.2 Å². The van der Waals surface area contributed by atoms with Crippen LogP contribution in [0.1, 0.15) is 12.5 Å². The van der Waals surface area contributed by atoms with E-state index >= 15 is 0 Å². The first-order valence-electron chi connectivity index (χ1n) is 4.93. The number of hydrogen-bond donors (Lipinski definition) is 1. The highest BCUT2D eigenvalue weighted by molar-refractivity contribution is 5.80. The van der Waals surface area contributed by atoms with Crippen molar-refractivity contribution in [3.05, 3.63) is 36.1 Å². The highest BCUT2D eigenvalue weighted by Crippen LogP contribution is 2.21. The molecule has 1 atom stereocenters. The molecule has 0 unspecified atom stereocenters. The fourth-order valence-corrected chi connectivity index (χ4v) is 1.62. The third-order valence-electron chi connectivity index (χ3n) is 2.58. The monoisotopic (exact) mass is 189 g/mol. The summed E-state index contributed by atoms with van der Waals surface area (Å²) in [5.41, 5.74) is 2.26. The Labute approximate surface area is 83.9 Å². The van der Waals surface area contributed by atoms with Gasteiger partial charge in [-0.1, -0.05) is 18.2 Å². The SMILES string of the molecule is CN[C@H](C)Cc1coc2ccccc12. The molecule has 0 saturated heterocycles. The smallest absolute Gasteiger partial charge is 0.134 e. The van der Waals surface area contributed by atoms with E-state index in [2.05, 4.69) is 18.3 Å². The molecule has 0 spiro atoms.